The van der Waals surface area contributed by atoms with E-state index in [1.807, 2.05) is 0 Å². The molecule has 0 saturated carbocycles. The third-order valence-electron chi connectivity index (χ3n) is 2.49. The first-order valence-corrected chi connectivity index (χ1v) is 7.16. The van der Waals surface area contributed by atoms with Crippen LogP contribution in [0.3, 0.4) is 0 Å². The molecule has 5 nitrogen and oxygen atoms in total. The number of para-hydroxylation sites is 2. The van der Waals surface area contributed by atoms with Crippen molar-refractivity contribution in [1.82, 2.24) is 4.57 Å². The molecule has 0 spiro atoms. The molecule has 0 aliphatic rings. The maximum absolute atomic E-state index is 12.7. The summed E-state index contributed by atoms with van der Waals surface area (Å²) < 4.78 is 67.7. The Labute approximate surface area is 114 Å². The van der Waals surface area contributed by atoms with E-state index >= 15 is 0 Å². The summed E-state index contributed by atoms with van der Waals surface area (Å²) in [7, 11) is -1.07. The highest BCUT2D eigenvalue weighted by Gasteiger charge is 2.45. The van der Waals surface area contributed by atoms with Gasteiger partial charge in [-0.3, -0.25) is 0 Å². The van der Waals surface area contributed by atoms with Crippen molar-refractivity contribution in [3.8, 4) is 0 Å². The van der Waals surface area contributed by atoms with Crippen LogP contribution in [0.15, 0.2) is 24.3 Å². The standard InChI is InChI=1S/C10H10F3N2.CH4O3S/c1-14-7-5-3-4-6-8(7)15(2)9(14)10(11,12)13;1-5(2,3)4/h3-6H,1-2H3;1H3,(H,2,3,4)/q+1;/p-1. The largest absolute Gasteiger partial charge is 0.748 e. The van der Waals surface area contributed by atoms with Gasteiger partial charge in [0.1, 0.15) is 0 Å². The normalized spacial score (nSPS) is 12.2. The number of halogens is 3. The number of rotatable bonds is 0. The van der Waals surface area contributed by atoms with Crippen molar-refractivity contribution >= 4 is 21.2 Å². The molecule has 0 radical (unpaired) electrons. The Hall–Kier alpha value is -1.61. The van der Waals surface area contributed by atoms with Crippen molar-refractivity contribution < 1.29 is 30.7 Å². The number of benzene rings is 1. The quantitative estimate of drug-likeness (QED) is 0.542. The van der Waals surface area contributed by atoms with E-state index in [0.29, 0.717) is 17.3 Å². The third kappa shape index (κ3) is 3.94. The van der Waals surface area contributed by atoms with Gasteiger partial charge in [-0.25, -0.2) is 17.6 Å². The summed E-state index contributed by atoms with van der Waals surface area (Å²) in [4.78, 5) is 0. The zero-order chi connectivity index (χ0) is 15.7. The van der Waals surface area contributed by atoms with Gasteiger partial charge in [-0.05, 0) is 12.1 Å². The van der Waals surface area contributed by atoms with Crippen LogP contribution in [0.2, 0.25) is 0 Å². The Kier molecular flexibility index (Phi) is 4.45. The zero-order valence-corrected chi connectivity index (χ0v) is 11.8. The summed E-state index contributed by atoms with van der Waals surface area (Å²) >= 11 is 0. The molecule has 0 saturated heterocycles. The van der Waals surface area contributed by atoms with Gasteiger partial charge in [0, 0.05) is 6.26 Å². The molecule has 0 unspecified atom stereocenters. The number of aromatic nitrogens is 2. The van der Waals surface area contributed by atoms with Crippen LogP contribution in [0.5, 0.6) is 0 Å². The van der Waals surface area contributed by atoms with Crippen LogP contribution in [0, 0.1) is 0 Å². The fourth-order valence-electron chi connectivity index (χ4n) is 1.86. The second-order valence-corrected chi connectivity index (χ2v) is 5.54. The predicted octanol–water partition coefficient (Wildman–Crippen LogP) is 1.18. The van der Waals surface area contributed by atoms with Crippen LogP contribution in [0.25, 0.3) is 11.0 Å². The minimum Gasteiger partial charge on any atom is -0.748 e. The van der Waals surface area contributed by atoms with Gasteiger partial charge in [-0.15, -0.1) is 0 Å². The summed E-state index contributed by atoms with van der Waals surface area (Å²) in [5.41, 5.74) is 1.15. The number of hydrogen-bond acceptors (Lipinski definition) is 3. The predicted molar refractivity (Wildman–Crippen MR) is 64.7 cm³/mol. The van der Waals surface area contributed by atoms with Crippen LogP contribution in [0.1, 0.15) is 5.82 Å². The summed E-state index contributed by atoms with van der Waals surface area (Å²) in [6.07, 6.45) is -3.73. The number of hydrogen-bond donors (Lipinski definition) is 0. The molecule has 9 heteroatoms. The lowest BCUT2D eigenvalue weighted by atomic mass is 10.3. The van der Waals surface area contributed by atoms with Gasteiger partial charge in [-0.1, -0.05) is 12.1 Å². The van der Waals surface area contributed by atoms with Crippen LogP contribution in [0.4, 0.5) is 13.2 Å². The molecule has 0 atom stereocenters. The van der Waals surface area contributed by atoms with E-state index in [1.165, 1.54) is 14.1 Å². The molecule has 1 aromatic carbocycles. The molecular weight excluding hydrogens is 297 g/mol. The molecule has 0 N–H and O–H groups in total. The van der Waals surface area contributed by atoms with E-state index in [0.717, 1.165) is 9.13 Å². The Bertz CT molecular complexity index is 673. The van der Waals surface area contributed by atoms with Crippen LogP contribution in [-0.2, 0) is 30.4 Å². The second kappa shape index (κ2) is 5.41. The Morgan fingerprint density at radius 3 is 2.10 bits per heavy atom. The highest BCUT2D eigenvalue weighted by atomic mass is 32.2. The van der Waals surface area contributed by atoms with E-state index in [9.17, 15) is 13.2 Å². The molecule has 0 bridgehead atoms. The van der Waals surface area contributed by atoms with Gasteiger partial charge in [-0.2, -0.15) is 13.2 Å². The van der Waals surface area contributed by atoms with Gasteiger partial charge in [0.05, 0.1) is 24.2 Å². The SMILES string of the molecule is CS(=O)(=O)[O-].Cn1c(C(F)(F)F)[n+](C)c2ccccc21. The molecule has 2 aromatic rings. The molecule has 0 fully saturated rings. The number of nitrogens with zero attached hydrogens (tertiary/aromatic N) is 2. The molecule has 1 heterocycles. The van der Waals surface area contributed by atoms with Crippen LogP contribution >= 0.6 is 0 Å². The van der Waals surface area contributed by atoms with E-state index in [4.69, 9.17) is 13.0 Å². The van der Waals surface area contributed by atoms with E-state index in [1.54, 1.807) is 24.3 Å². The molecule has 0 amide bonds. The molecule has 20 heavy (non-hydrogen) atoms. The zero-order valence-electron chi connectivity index (χ0n) is 11.0. The number of aryl methyl sites for hydroxylation is 2. The maximum atomic E-state index is 12.7. The second-order valence-electron chi connectivity index (χ2n) is 4.13. The highest BCUT2D eigenvalue weighted by molar-refractivity contribution is 7.84. The minimum absolute atomic E-state index is 0.576. The van der Waals surface area contributed by atoms with E-state index in [2.05, 4.69) is 0 Å². The fraction of sp³-hybridized carbons (Fsp3) is 0.364. The number of imidazole rings is 1. The minimum atomic E-state index is -4.33. The van der Waals surface area contributed by atoms with Crippen molar-refractivity contribution in [2.45, 2.75) is 6.18 Å². The summed E-state index contributed by atoms with van der Waals surface area (Å²) in [5, 5.41) is 0. The average molecular weight is 310 g/mol. The van der Waals surface area contributed by atoms with Crippen LogP contribution < -0.4 is 4.57 Å². The molecule has 1 aromatic heterocycles. The van der Waals surface area contributed by atoms with Crippen molar-refractivity contribution in [2.24, 2.45) is 14.1 Å². The van der Waals surface area contributed by atoms with Crippen molar-refractivity contribution in [1.29, 1.82) is 0 Å². The first-order chi connectivity index (χ1) is 8.93. The number of alkyl halides is 3. The third-order valence-corrected chi connectivity index (χ3v) is 2.49. The van der Waals surface area contributed by atoms with Gasteiger partial charge >= 0.3 is 12.0 Å². The summed E-state index contributed by atoms with van der Waals surface area (Å²) in [6, 6.07) is 6.79. The topological polar surface area (TPSA) is 66.0 Å². The smallest absolute Gasteiger partial charge is 0.495 e. The van der Waals surface area contributed by atoms with E-state index in [-0.39, 0.29) is 0 Å². The van der Waals surface area contributed by atoms with Crippen molar-refractivity contribution in [3.63, 3.8) is 0 Å². The maximum Gasteiger partial charge on any atom is 0.495 e. The average Bonchev–Trinajstić information content (AvgIpc) is 2.49. The molecule has 0 aliphatic heterocycles. The van der Waals surface area contributed by atoms with Crippen LogP contribution in [-0.4, -0.2) is 23.8 Å². The first-order valence-electron chi connectivity index (χ1n) is 5.34. The Morgan fingerprint density at radius 2 is 1.70 bits per heavy atom. The Balaban J connectivity index is 0.000000347. The van der Waals surface area contributed by atoms with E-state index < -0.39 is 22.1 Å². The number of fused-ring (bicyclic) bond motifs is 1. The Morgan fingerprint density at radius 1 is 1.25 bits per heavy atom. The lowest BCUT2D eigenvalue weighted by Gasteiger charge is -2.01. The lowest BCUT2D eigenvalue weighted by molar-refractivity contribution is -0.667. The van der Waals surface area contributed by atoms with Crippen molar-refractivity contribution in [3.05, 3.63) is 30.1 Å². The molecule has 112 valence electrons. The molecule has 2 rings (SSSR count). The van der Waals surface area contributed by atoms with Gasteiger partial charge in [0.25, 0.3) is 0 Å². The fourth-order valence-corrected chi connectivity index (χ4v) is 1.86. The van der Waals surface area contributed by atoms with Gasteiger partial charge in [0.15, 0.2) is 11.0 Å². The lowest BCUT2D eigenvalue weighted by Crippen LogP contribution is -2.37. The van der Waals surface area contributed by atoms with Crippen molar-refractivity contribution in [2.75, 3.05) is 6.26 Å². The molecule has 0 aliphatic carbocycles. The highest BCUT2D eigenvalue weighted by Crippen LogP contribution is 2.28. The monoisotopic (exact) mass is 310 g/mol. The summed E-state index contributed by atoms with van der Waals surface area (Å²) in [5.74, 6) is -0.649. The molecular formula is C11H13F3N2O3S. The van der Waals surface area contributed by atoms with Gasteiger partial charge in [0.2, 0.25) is 0 Å². The first kappa shape index (κ1) is 16.4. The summed E-state index contributed by atoms with van der Waals surface area (Å²) in [6.45, 7) is 0. The van der Waals surface area contributed by atoms with Gasteiger partial charge < -0.3 is 4.55 Å².